The summed E-state index contributed by atoms with van der Waals surface area (Å²) in [6.07, 6.45) is 2.39. The predicted octanol–water partition coefficient (Wildman–Crippen LogP) is 4.03. The number of nitrogens with zero attached hydrogens (tertiary/aromatic N) is 1. The Labute approximate surface area is 114 Å². The number of nitriles is 1. The molecule has 102 valence electrons. The van der Waals surface area contributed by atoms with Crippen LogP contribution in [0.4, 0.5) is 4.39 Å². The first-order chi connectivity index (χ1) is 9.02. The van der Waals surface area contributed by atoms with Gasteiger partial charge in [-0.15, -0.1) is 0 Å². The second kappa shape index (κ2) is 5.71. The van der Waals surface area contributed by atoms with Gasteiger partial charge in [-0.25, -0.2) is 4.39 Å². The van der Waals surface area contributed by atoms with Gasteiger partial charge in [-0.2, -0.15) is 5.26 Å². The molecule has 1 saturated heterocycles. The molecule has 1 aliphatic rings. The Hall–Kier alpha value is -1.40. The molecule has 19 heavy (non-hydrogen) atoms. The fraction of sp³-hybridized carbons (Fsp3) is 0.562. The van der Waals surface area contributed by atoms with Crippen molar-refractivity contribution in [2.24, 2.45) is 5.92 Å². The van der Waals surface area contributed by atoms with Crippen molar-refractivity contribution in [1.29, 1.82) is 5.26 Å². The number of hydrogen-bond donors (Lipinski definition) is 0. The highest BCUT2D eigenvalue weighted by atomic mass is 19.1. The van der Waals surface area contributed by atoms with Gasteiger partial charge < -0.3 is 4.74 Å². The fourth-order valence-corrected chi connectivity index (χ4v) is 2.99. The first kappa shape index (κ1) is 14.0. The Bertz CT molecular complexity index is 461. The Kier molecular flexibility index (Phi) is 4.21. The first-order valence-electron chi connectivity index (χ1n) is 6.78. The van der Waals surface area contributed by atoms with Crippen LogP contribution in [0, 0.1) is 23.1 Å². The number of benzene rings is 1. The van der Waals surface area contributed by atoms with E-state index in [0.717, 1.165) is 25.0 Å². The molecule has 0 bridgehead atoms. The third-order valence-corrected chi connectivity index (χ3v) is 3.91. The van der Waals surface area contributed by atoms with Crippen molar-refractivity contribution in [2.75, 3.05) is 6.61 Å². The SMILES string of the molecule is CC1(C)C[C@H]([C@@H](CC#N)c2ccc(F)cc2)CCO1. The van der Waals surface area contributed by atoms with E-state index in [9.17, 15) is 4.39 Å². The second-order valence-electron chi connectivity index (χ2n) is 5.88. The predicted molar refractivity (Wildman–Crippen MR) is 72.1 cm³/mol. The molecule has 2 atom stereocenters. The Balaban J connectivity index is 2.20. The van der Waals surface area contributed by atoms with E-state index < -0.39 is 0 Å². The molecule has 0 amide bonds. The van der Waals surface area contributed by atoms with Gasteiger partial charge in [0.15, 0.2) is 0 Å². The smallest absolute Gasteiger partial charge is 0.123 e. The molecule has 1 heterocycles. The lowest BCUT2D eigenvalue weighted by Gasteiger charge is -2.39. The molecule has 1 aromatic rings. The normalized spacial score (nSPS) is 23.6. The zero-order valence-electron chi connectivity index (χ0n) is 11.5. The van der Waals surface area contributed by atoms with Gasteiger partial charge in [0, 0.05) is 13.0 Å². The minimum Gasteiger partial charge on any atom is -0.376 e. The molecule has 0 N–H and O–H groups in total. The van der Waals surface area contributed by atoms with E-state index in [1.54, 1.807) is 12.1 Å². The summed E-state index contributed by atoms with van der Waals surface area (Å²) in [7, 11) is 0. The van der Waals surface area contributed by atoms with Crippen LogP contribution in [0.2, 0.25) is 0 Å². The Morgan fingerprint density at radius 3 is 2.68 bits per heavy atom. The quantitative estimate of drug-likeness (QED) is 0.823. The third kappa shape index (κ3) is 3.54. The largest absolute Gasteiger partial charge is 0.376 e. The van der Waals surface area contributed by atoms with E-state index in [0.29, 0.717) is 12.3 Å². The minimum atomic E-state index is -0.230. The summed E-state index contributed by atoms with van der Waals surface area (Å²) in [5.74, 6) is 0.370. The van der Waals surface area contributed by atoms with E-state index in [1.807, 2.05) is 0 Å². The summed E-state index contributed by atoms with van der Waals surface area (Å²) in [5.41, 5.74) is 0.932. The highest BCUT2D eigenvalue weighted by Gasteiger charge is 2.34. The molecule has 0 saturated carbocycles. The van der Waals surface area contributed by atoms with Crippen molar-refractivity contribution in [3.8, 4) is 6.07 Å². The molecular weight excluding hydrogens is 241 g/mol. The van der Waals surface area contributed by atoms with Gasteiger partial charge >= 0.3 is 0 Å². The van der Waals surface area contributed by atoms with Gasteiger partial charge in [-0.05, 0) is 56.2 Å². The van der Waals surface area contributed by atoms with Crippen LogP contribution in [0.3, 0.4) is 0 Å². The molecule has 2 nitrogen and oxygen atoms in total. The van der Waals surface area contributed by atoms with E-state index in [2.05, 4.69) is 19.9 Å². The molecule has 0 aromatic heterocycles. The minimum absolute atomic E-state index is 0.128. The lowest BCUT2D eigenvalue weighted by atomic mass is 9.75. The maximum absolute atomic E-state index is 13.0. The zero-order chi connectivity index (χ0) is 13.9. The monoisotopic (exact) mass is 261 g/mol. The Morgan fingerprint density at radius 2 is 2.11 bits per heavy atom. The van der Waals surface area contributed by atoms with Crippen molar-refractivity contribution in [3.63, 3.8) is 0 Å². The van der Waals surface area contributed by atoms with Crippen LogP contribution in [-0.4, -0.2) is 12.2 Å². The van der Waals surface area contributed by atoms with Crippen LogP contribution < -0.4 is 0 Å². The molecule has 3 heteroatoms. The fourth-order valence-electron chi connectivity index (χ4n) is 2.99. The topological polar surface area (TPSA) is 33.0 Å². The maximum atomic E-state index is 13.0. The lowest BCUT2D eigenvalue weighted by molar-refractivity contribution is -0.0766. The van der Waals surface area contributed by atoms with Crippen LogP contribution in [0.1, 0.15) is 44.6 Å². The van der Waals surface area contributed by atoms with Crippen molar-refractivity contribution in [1.82, 2.24) is 0 Å². The average molecular weight is 261 g/mol. The van der Waals surface area contributed by atoms with Crippen LogP contribution in [0.15, 0.2) is 24.3 Å². The van der Waals surface area contributed by atoms with Crippen molar-refractivity contribution in [2.45, 2.75) is 44.6 Å². The molecule has 0 radical (unpaired) electrons. The molecule has 1 aliphatic heterocycles. The maximum Gasteiger partial charge on any atom is 0.123 e. The van der Waals surface area contributed by atoms with Gasteiger partial charge in [0.1, 0.15) is 5.82 Å². The molecule has 2 rings (SSSR count). The number of ether oxygens (including phenoxy) is 1. The van der Waals surface area contributed by atoms with Gasteiger partial charge in [0.25, 0.3) is 0 Å². The van der Waals surface area contributed by atoms with E-state index in [-0.39, 0.29) is 17.3 Å². The summed E-state index contributed by atoms with van der Waals surface area (Å²) in [5, 5.41) is 9.06. The van der Waals surface area contributed by atoms with Gasteiger partial charge in [-0.1, -0.05) is 12.1 Å². The average Bonchev–Trinajstić information content (AvgIpc) is 2.36. The zero-order valence-corrected chi connectivity index (χ0v) is 11.5. The first-order valence-corrected chi connectivity index (χ1v) is 6.78. The summed E-state index contributed by atoms with van der Waals surface area (Å²) in [6, 6.07) is 8.83. The van der Waals surface area contributed by atoms with Crippen LogP contribution >= 0.6 is 0 Å². The molecule has 1 fully saturated rings. The van der Waals surface area contributed by atoms with Crippen LogP contribution in [-0.2, 0) is 4.74 Å². The lowest BCUT2D eigenvalue weighted by Crippen LogP contribution is -2.36. The van der Waals surface area contributed by atoms with E-state index >= 15 is 0 Å². The molecule has 0 spiro atoms. The van der Waals surface area contributed by atoms with E-state index in [1.165, 1.54) is 12.1 Å². The molecule has 0 unspecified atom stereocenters. The highest BCUT2D eigenvalue weighted by Crippen LogP contribution is 2.39. The van der Waals surface area contributed by atoms with E-state index in [4.69, 9.17) is 10.00 Å². The molecular formula is C16H20FNO. The van der Waals surface area contributed by atoms with Crippen molar-refractivity contribution in [3.05, 3.63) is 35.6 Å². The van der Waals surface area contributed by atoms with Gasteiger partial charge in [0.05, 0.1) is 11.7 Å². The number of hydrogen-bond acceptors (Lipinski definition) is 2. The number of rotatable bonds is 3. The summed E-state index contributed by atoms with van der Waals surface area (Å²) >= 11 is 0. The molecule has 1 aromatic carbocycles. The molecule has 0 aliphatic carbocycles. The standard InChI is InChI=1S/C16H20FNO/c1-16(2)11-13(8-10-19-16)15(7-9-18)12-3-5-14(17)6-4-12/h3-6,13,15H,7-8,10-11H2,1-2H3/t13-,15+/m1/s1. The van der Waals surface area contributed by atoms with Crippen LogP contribution in [0.25, 0.3) is 0 Å². The third-order valence-electron chi connectivity index (χ3n) is 3.91. The van der Waals surface area contributed by atoms with Crippen LogP contribution in [0.5, 0.6) is 0 Å². The van der Waals surface area contributed by atoms with Crippen molar-refractivity contribution >= 4 is 0 Å². The highest BCUT2D eigenvalue weighted by molar-refractivity contribution is 5.22. The number of halogens is 1. The van der Waals surface area contributed by atoms with Crippen molar-refractivity contribution < 1.29 is 9.13 Å². The Morgan fingerprint density at radius 1 is 1.42 bits per heavy atom. The summed E-state index contributed by atoms with van der Waals surface area (Å²) in [6.45, 7) is 4.92. The summed E-state index contributed by atoms with van der Waals surface area (Å²) in [4.78, 5) is 0. The van der Waals surface area contributed by atoms with Gasteiger partial charge in [-0.3, -0.25) is 0 Å². The second-order valence-corrected chi connectivity index (χ2v) is 5.88. The van der Waals surface area contributed by atoms with Gasteiger partial charge in [0.2, 0.25) is 0 Å². The summed E-state index contributed by atoms with van der Waals surface area (Å²) < 4.78 is 18.8.